The van der Waals surface area contributed by atoms with E-state index in [1.54, 1.807) is 12.1 Å². The molecule has 21 heavy (non-hydrogen) atoms. The summed E-state index contributed by atoms with van der Waals surface area (Å²) in [5.74, 6) is 2.34. The largest absolute Gasteiger partial charge is 0.619 e. The van der Waals surface area contributed by atoms with Gasteiger partial charge in [0.05, 0.1) is 0 Å². The van der Waals surface area contributed by atoms with Crippen LogP contribution in [-0.4, -0.2) is 11.4 Å². The zero-order valence-corrected chi connectivity index (χ0v) is 12.8. The van der Waals surface area contributed by atoms with Gasteiger partial charge in [-0.25, -0.2) is 0 Å². The van der Waals surface area contributed by atoms with Crippen molar-refractivity contribution in [2.24, 2.45) is 17.8 Å². The molecule has 5 rings (SSSR count). The number of amides is 1. The molecule has 0 unspecified atom stereocenters. The van der Waals surface area contributed by atoms with Gasteiger partial charge in [0.15, 0.2) is 12.4 Å². The summed E-state index contributed by atoms with van der Waals surface area (Å²) in [6.45, 7) is 0. The number of carbonyl (C=O) groups excluding carboxylic acids is 1. The number of pyridine rings is 1. The second-order valence-electron chi connectivity index (χ2n) is 7.10. The minimum Gasteiger partial charge on any atom is -0.619 e. The number of rotatable bonds is 2. The Bertz CT molecular complexity index is 526. The van der Waals surface area contributed by atoms with Crippen molar-refractivity contribution in [2.75, 3.05) is 0 Å². The Morgan fingerprint density at radius 1 is 1.19 bits per heavy atom. The van der Waals surface area contributed by atoms with E-state index in [1.807, 2.05) is 0 Å². The van der Waals surface area contributed by atoms with Crippen LogP contribution in [0.25, 0.3) is 0 Å². The molecule has 0 aliphatic heterocycles. The van der Waals surface area contributed by atoms with Crippen molar-refractivity contribution in [1.29, 1.82) is 0 Å². The molecule has 4 nitrogen and oxygen atoms in total. The molecule has 0 atom stereocenters. The summed E-state index contributed by atoms with van der Waals surface area (Å²) in [6, 6.07) is 3.34. The van der Waals surface area contributed by atoms with E-state index in [9.17, 15) is 10.0 Å². The topological polar surface area (TPSA) is 56.0 Å². The molecule has 0 aromatic carbocycles. The van der Waals surface area contributed by atoms with E-state index in [2.05, 4.69) is 5.32 Å². The lowest BCUT2D eigenvalue weighted by Crippen LogP contribution is -2.59. The summed E-state index contributed by atoms with van der Waals surface area (Å²) in [6.07, 6.45) is 10.2. The van der Waals surface area contributed by atoms with E-state index in [-0.39, 0.29) is 23.9 Å². The highest BCUT2D eigenvalue weighted by Crippen LogP contribution is 2.55. The summed E-state index contributed by atoms with van der Waals surface area (Å²) >= 11 is 0. The predicted molar refractivity (Wildman–Crippen MR) is 81.0 cm³/mol. The van der Waals surface area contributed by atoms with Gasteiger partial charge in [0.1, 0.15) is 5.56 Å². The highest BCUT2D eigenvalue weighted by molar-refractivity contribution is 5.94. The fraction of sp³-hybridized carbons (Fsp3) is 0.625. The van der Waals surface area contributed by atoms with Gasteiger partial charge in [-0.1, -0.05) is 0 Å². The third kappa shape index (κ3) is 2.61. The number of hydrogen-bond donors (Lipinski definition) is 1. The van der Waals surface area contributed by atoms with E-state index in [0.717, 1.165) is 37.0 Å². The Balaban J connectivity index is 0.00000132. The Labute approximate surface area is 130 Å². The summed E-state index contributed by atoms with van der Waals surface area (Å²) < 4.78 is 0.689. The van der Waals surface area contributed by atoms with E-state index in [4.69, 9.17) is 0 Å². The van der Waals surface area contributed by atoms with E-state index < -0.39 is 0 Å². The standard InChI is InChI=1S/C16H20N2O2.ClH/c19-15(14-2-1-3-18(20)10-14)17-16-7-11-4-12(8-16)6-13(5-11)9-16;/h1-3,10-13H,4-9H2,(H,17,19);1H. The lowest BCUT2D eigenvalue weighted by atomic mass is 9.53. The van der Waals surface area contributed by atoms with Crippen LogP contribution in [0.3, 0.4) is 0 Å². The van der Waals surface area contributed by atoms with Crippen molar-refractivity contribution >= 4 is 18.3 Å². The first-order valence-electron chi connectivity index (χ1n) is 7.63. The van der Waals surface area contributed by atoms with Crippen molar-refractivity contribution in [3.8, 4) is 0 Å². The smallest absolute Gasteiger partial charge is 0.257 e. The molecule has 114 valence electrons. The molecule has 0 saturated heterocycles. The molecule has 4 saturated carbocycles. The first-order valence-corrected chi connectivity index (χ1v) is 7.63. The molecular formula is C16H21ClN2O2. The maximum atomic E-state index is 12.4. The summed E-state index contributed by atoms with van der Waals surface area (Å²) in [5.41, 5.74) is 0.480. The maximum absolute atomic E-state index is 12.4. The van der Waals surface area contributed by atoms with Crippen LogP contribution in [0.15, 0.2) is 24.5 Å². The number of carbonyl (C=O) groups is 1. The lowest BCUT2D eigenvalue weighted by Gasteiger charge is -2.56. The average molecular weight is 309 g/mol. The second-order valence-corrected chi connectivity index (χ2v) is 7.10. The van der Waals surface area contributed by atoms with Crippen LogP contribution < -0.4 is 10.0 Å². The number of hydrogen-bond acceptors (Lipinski definition) is 2. The maximum Gasteiger partial charge on any atom is 0.257 e. The van der Waals surface area contributed by atoms with Gasteiger partial charge in [-0.3, -0.25) is 4.79 Å². The number of aromatic nitrogens is 1. The molecule has 0 spiro atoms. The highest BCUT2D eigenvalue weighted by atomic mass is 35.5. The fourth-order valence-electron chi connectivity index (χ4n) is 5.17. The molecule has 1 heterocycles. The molecule has 4 aliphatic carbocycles. The minimum absolute atomic E-state index is 0. The molecule has 4 aliphatic rings. The third-order valence-electron chi connectivity index (χ3n) is 5.45. The third-order valence-corrected chi connectivity index (χ3v) is 5.45. The van der Waals surface area contributed by atoms with Gasteiger partial charge < -0.3 is 10.5 Å². The molecule has 1 N–H and O–H groups in total. The summed E-state index contributed by atoms with van der Waals surface area (Å²) in [7, 11) is 0. The molecule has 5 heteroatoms. The van der Waals surface area contributed by atoms with Crippen molar-refractivity contribution in [3.63, 3.8) is 0 Å². The average Bonchev–Trinajstić information content (AvgIpc) is 2.36. The molecular weight excluding hydrogens is 288 g/mol. The lowest BCUT2D eigenvalue weighted by molar-refractivity contribution is -0.605. The van der Waals surface area contributed by atoms with Crippen LogP contribution in [0, 0.1) is 23.0 Å². The Kier molecular flexibility index (Phi) is 3.60. The number of halogens is 1. The Morgan fingerprint density at radius 3 is 2.29 bits per heavy atom. The van der Waals surface area contributed by atoms with Gasteiger partial charge in [-0.2, -0.15) is 4.73 Å². The van der Waals surface area contributed by atoms with Crippen LogP contribution in [0.2, 0.25) is 0 Å². The number of nitrogens with one attached hydrogen (secondary N) is 1. The van der Waals surface area contributed by atoms with Crippen molar-refractivity contribution in [2.45, 2.75) is 44.1 Å². The normalized spacial score (nSPS) is 36.1. The minimum atomic E-state index is -0.0860. The fourth-order valence-corrected chi connectivity index (χ4v) is 5.17. The van der Waals surface area contributed by atoms with Gasteiger partial charge in [-0.15, -0.1) is 12.4 Å². The van der Waals surface area contributed by atoms with Gasteiger partial charge in [0.2, 0.25) is 0 Å². The first-order chi connectivity index (χ1) is 9.62. The van der Waals surface area contributed by atoms with Crippen LogP contribution in [-0.2, 0) is 0 Å². The van der Waals surface area contributed by atoms with Crippen molar-refractivity contribution in [1.82, 2.24) is 5.32 Å². The van der Waals surface area contributed by atoms with Crippen LogP contribution in [0.5, 0.6) is 0 Å². The zero-order chi connectivity index (χ0) is 13.7. The first kappa shape index (κ1) is 14.6. The molecule has 4 bridgehead atoms. The van der Waals surface area contributed by atoms with Gasteiger partial charge in [-0.05, 0) is 62.3 Å². The summed E-state index contributed by atoms with van der Waals surface area (Å²) in [4.78, 5) is 12.4. The van der Waals surface area contributed by atoms with Crippen molar-refractivity contribution < 1.29 is 9.52 Å². The van der Waals surface area contributed by atoms with Gasteiger partial charge >= 0.3 is 0 Å². The van der Waals surface area contributed by atoms with Crippen LogP contribution >= 0.6 is 12.4 Å². The quantitative estimate of drug-likeness (QED) is 0.674. The van der Waals surface area contributed by atoms with Crippen molar-refractivity contribution in [3.05, 3.63) is 35.3 Å². The molecule has 1 aromatic heterocycles. The molecule has 4 fully saturated rings. The van der Waals surface area contributed by atoms with E-state index in [0.29, 0.717) is 10.3 Å². The zero-order valence-electron chi connectivity index (χ0n) is 12.0. The van der Waals surface area contributed by atoms with E-state index in [1.165, 1.54) is 31.7 Å². The number of nitrogens with zero attached hydrogens (tertiary/aromatic N) is 1. The molecule has 0 radical (unpaired) electrons. The monoisotopic (exact) mass is 308 g/mol. The molecule has 1 amide bonds. The molecule has 1 aromatic rings. The highest BCUT2D eigenvalue weighted by Gasteiger charge is 2.51. The van der Waals surface area contributed by atoms with Crippen LogP contribution in [0.1, 0.15) is 48.9 Å². The summed E-state index contributed by atoms with van der Waals surface area (Å²) in [5, 5.41) is 14.6. The van der Waals surface area contributed by atoms with Gasteiger partial charge in [0, 0.05) is 11.6 Å². The van der Waals surface area contributed by atoms with Crippen LogP contribution in [0.4, 0.5) is 0 Å². The Morgan fingerprint density at radius 2 is 1.76 bits per heavy atom. The SMILES string of the molecule is Cl.O=C(NC12CC3CC(CC(C3)C1)C2)c1ccc[n+]([O-])c1. The second kappa shape index (κ2) is 5.16. The predicted octanol–water partition coefficient (Wildman–Crippen LogP) is 2.44. The Hall–Kier alpha value is -1.29. The van der Waals surface area contributed by atoms with Gasteiger partial charge in [0.25, 0.3) is 5.91 Å². The van der Waals surface area contributed by atoms with E-state index >= 15 is 0 Å².